The summed E-state index contributed by atoms with van der Waals surface area (Å²) in [5, 5.41) is 19.4. The normalized spacial score (nSPS) is 12.0. The van der Waals surface area contributed by atoms with Crippen LogP contribution in [0.2, 0.25) is 0 Å². The Hall–Kier alpha value is -2.64. The van der Waals surface area contributed by atoms with Crippen molar-refractivity contribution >= 4 is 11.8 Å². The van der Waals surface area contributed by atoms with E-state index in [1.807, 2.05) is 35.8 Å². The van der Waals surface area contributed by atoms with Crippen LogP contribution in [0.4, 0.5) is 4.39 Å². The Kier molecular flexibility index (Phi) is 6.84. The lowest BCUT2D eigenvalue weighted by molar-refractivity contribution is 0.126. The Labute approximate surface area is 167 Å². The third-order valence-electron chi connectivity index (χ3n) is 4.06. The van der Waals surface area contributed by atoms with E-state index < -0.39 is 6.10 Å². The maximum atomic E-state index is 13.2. The van der Waals surface area contributed by atoms with Gasteiger partial charge in [-0.3, -0.25) is 4.57 Å². The summed E-state index contributed by atoms with van der Waals surface area (Å²) in [5.74, 6) is 1.50. The maximum absolute atomic E-state index is 13.2. The number of aromatic nitrogens is 3. The molecule has 0 bridgehead atoms. The lowest BCUT2D eigenvalue weighted by Gasteiger charge is -2.14. The fraction of sp³-hybridized carbons (Fsp3) is 0.238. The molecule has 3 aromatic rings. The predicted molar refractivity (Wildman–Crippen MR) is 109 cm³/mol. The molecule has 0 spiro atoms. The summed E-state index contributed by atoms with van der Waals surface area (Å²) in [5.41, 5.74) is 1.79. The summed E-state index contributed by atoms with van der Waals surface area (Å²) in [7, 11) is 0. The molecule has 1 heterocycles. The van der Waals surface area contributed by atoms with Gasteiger partial charge in [-0.1, -0.05) is 36.0 Å². The van der Waals surface area contributed by atoms with Crippen LogP contribution in [-0.2, 0) is 6.54 Å². The molecule has 1 N–H and O–H groups in total. The number of hydrogen-bond acceptors (Lipinski definition) is 5. The van der Waals surface area contributed by atoms with Crippen LogP contribution in [0.25, 0.3) is 11.4 Å². The van der Waals surface area contributed by atoms with Crippen LogP contribution < -0.4 is 4.74 Å². The minimum atomic E-state index is -0.659. The van der Waals surface area contributed by atoms with Gasteiger partial charge in [-0.2, -0.15) is 0 Å². The van der Waals surface area contributed by atoms with Gasteiger partial charge in [0, 0.05) is 17.9 Å². The number of ether oxygens (including phenoxy) is 1. The zero-order valence-electron chi connectivity index (χ0n) is 15.6. The highest BCUT2D eigenvalue weighted by Gasteiger charge is 2.16. The molecule has 3 rings (SSSR count). The minimum Gasteiger partial charge on any atom is -0.491 e. The summed E-state index contributed by atoms with van der Waals surface area (Å²) in [4.78, 5) is 0. The number of allylic oxidation sites excluding steroid dienone is 1. The molecule has 0 fully saturated rings. The zero-order chi connectivity index (χ0) is 19.9. The van der Waals surface area contributed by atoms with Gasteiger partial charge in [-0.15, -0.1) is 16.8 Å². The second-order valence-corrected chi connectivity index (χ2v) is 7.24. The second kappa shape index (κ2) is 9.52. The molecule has 0 radical (unpaired) electrons. The predicted octanol–water partition coefficient (Wildman–Crippen LogP) is 4.11. The molecule has 0 amide bonds. The second-order valence-electron chi connectivity index (χ2n) is 6.25. The van der Waals surface area contributed by atoms with E-state index in [0.29, 0.717) is 23.3 Å². The molecule has 28 heavy (non-hydrogen) atoms. The van der Waals surface area contributed by atoms with Crippen molar-refractivity contribution in [2.75, 3.05) is 12.4 Å². The number of nitrogens with zero attached hydrogens (tertiary/aromatic N) is 3. The van der Waals surface area contributed by atoms with Gasteiger partial charge >= 0.3 is 0 Å². The quantitative estimate of drug-likeness (QED) is 0.433. The van der Waals surface area contributed by atoms with Crippen LogP contribution in [0.5, 0.6) is 5.75 Å². The summed E-state index contributed by atoms with van der Waals surface area (Å²) in [6.45, 7) is 6.44. The Balaban J connectivity index is 1.64. The summed E-state index contributed by atoms with van der Waals surface area (Å²) >= 11 is 1.39. The number of hydrogen-bond donors (Lipinski definition) is 1. The van der Waals surface area contributed by atoms with E-state index in [1.54, 1.807) is 18.2 Å². The number of benzene rings is 2. The third-order valence-corrected chi connectivity index (χ3v) is 5.17. The first kappa shape index (κ1) is 20.1. The number of aryl methyl sites for hydroxylation is 1. The van der Waals surface area contributed by atoms with Crippen molar-refractivity contribution in [3.8, 4) is 17.1 Å². The van der Waals surface area contributed by atoms with Gasteiger partial charge in [0.15, 0.2) is 11.0 Å². The van der Waals surface area contributed by atoms with Crippen LogP contribution in [0.15, 0.2) is 66.3 Å². The first-order valence-electron chi connectivity index (χ1n) is 8.88. The summed E-state index contributed by atoms with van der Waals surface area (Å²) in [6, 6.07) is 13.8. The lowest BCUT2D eigenvalue weighted by Crippen LogP contribution is -2.20. The van der Waals surface area contributed by atoms with Gasteiger partial charge in [0.25, 0.3) is 0 Å². The third kappa shape index (κ3) is 4.99. The smallest absolute Gasteiger partial charge is 0.191 e. The Morgan fingerprint density at radius 2 is 1.96 bits per heavy atom. The van der Waals surface area contributed by atoms with Crippen LogP contribution in [0.3, 0.4) is 0 Å². The van der Waals surface area contributed by atoms with E-state index >= 15 is 0 Å². The van der Waals surface area contributed by atoms with Gasteiger partial charge in [-0.25, -0.2) is 4.39 Å². The lowest BCUT2D eigenvalue weighted by atomic mass is 10.2. The number of thioether (sulfide) groups is 1. The fourth-order valence-corrected chi connectivity index (χ4v) is 3.48. The number of halogens is 1. The fourth-order valence-electron chi connectivity index (χ4n) is 2.62. The molecule has 0 aliphatic heterocycles. The van der Waals surface area contributed by atoms with Crippen molar-refractivity contribution in [1.82, 2.24) is 14.8 Å². The monoisotopic (exact) mass is 399 g/mol. The van der Waals surface area contributed by atoms with Crippen LogP contribution in [0.1, 0.15) is 5.56 Å². The van der Waals surface area contributed by atoms with E-state index in [0.717, 1.165) is 16.9 Å². The molecule has 0 aliphatic rings. The molecule has 7 heteroatoms. The van der Waals surface area contributed by atoms with Crippen molar-refractivity contribution in [1.29, 1.82) is 0 Å². The molecular formula is C21H22FN3O2S. The van der Waals surface area contributed by atoms with Gasteiger partial charge in [0.1, 0.15) is 18.2 Å². The Bertz CT molecular complexity index is 928. The molecule has 1 atom stereocenters. The highest BCUT2D eigenvalue weighted by atomic mass is 32.2. The van der Waals surface area contributed by atoms with Gasteiger partial charge in [-0.05, 0) is 42.8 Å². The average Bonchev–Trinajstić information content (AvgIpc) is 3.09. The van der Waals surface area contributed by atoms with Crippen molar-refractivity contribution in [3.05, 3.63) is 72.6 Å². The topological polar surface area (TPSA) is 60.2 Å². The molecule has 1 aromatic heterocycles. The first-order chi connectivity index (χ1) is 13.6. The maximum Gasteiger partial charge on any atom is 0.191 e. The summed E-state index contributed by atoms with van der Waals surface area (Å²) in [6.07, 6.45) is 1.09. The van der Waals surface area contributed by atoms with Crippen molar-refractivity contribution in [2.24, 2.45) is 0 Å². The van der Waals surface area contributed by atoms with Crippen LogP contribution in [-0.4, -0.2) is 38.3 Å². The molecule has 0 saturated heterocycles. The molecular weight excluding hydrogens is 377 g/mol. The standard InChI is InChI=1S/C21H22FN3O2S/c1-3-12-25-20(16-8-10-17(22)11-9-16)23-24-21(25)28-14-18(26)13-27-19-7-5-4-6-15(19)2/h3-11,18,26H,1,12-14H2,2H3/t18-/m1/s1. The van der Waals surface area contributed by atoms with E-state index in [-0.39, 0.29) is 12.4 Å². The number of para-hydroxylation sites is 1. The minimum absolute atomic E-state index is 0.193. The van der Waals surface area contributed by atoms with Crippen molar-refractivity contribution < 1.29 is 14.2 Å². The van der Waals surface area contributed by atoms with E-state index in [2.05, 4.69) is 16.8 Å². The highest BCUT2D eigenvalue weighted by Crippen LogP contribution is 2.25. The Morgan fingerprint density at radius 1 is 1.21 bits per heavy atom. The number of aliphatic hydroxyl groups is 1. The van der Waals surface area contributed by atoms with Crippen LogP contribution in [0, 0.1) is 12.7 Å². The zero-order valence-corrected chi connectivity index (χ0v) is 16.4. The number of rotatable bonds is 9. The molecule has 0 unspecified atom stereocenters. The number of aliphatic hydroxyl groups excluding tert-OH is 1. The van der Waals surface area contributed by atoms with Gasteiger partial charge in [0.2, 0.25) is 0 Å². The SMILES string of the molecule is C=CCn1c(SC[C@H](O)COc2ccccc2C)nnc1-c1ccc(F)cc1. The van der Waals surface area contributed by atoms with Crippen LogP contribution >= 0.6 is 11.8 Å². The van der Waals surface area contributed by atoms with E-state index in [4.69, 9.17) is 4.74 Å². The molecule has 0 saturated carbocycles. The van der Waals surface area contributed by atoms with E-state index in [9.17, 15) is 9.50 Å². The largest absolute Gasteiger partial charge is 0.491 e. The summed E-state index contributed by atoms with van der Waals surface area (Å²) < 4.78 is 20.8. The molecule has 5 nitrogen and oxygen atoms in total. The Morgan fingerprint density at radius 3 is 2.68 bits per heavy atom. The van der Waals surface area contributed by atoms with Gasteiger partial charge in [0.05, 0.1) is 6.10 Å². The molecule has 0 aliphatic carbocycles. The first-order valence-corrected chi connectivity index (χ1v) is 9.86. The van der Waals surface area contributed by atoms with Crippen molar-refractivity contribution in [2.45, 2.75) is 24.7 Å². The molecule has 2 aromatic carbocycles. The average molecular weight is 399 g/mol. The highest BCUT2D eigenvalue weighted by molar-refractivity contribution is 7.99. The van der Waals surface area contributed by atoms with E-state index in [1.165, 1.54) is 23.9 Å². The van der Waals surface area contributed by atoms with Crippen molar-refractivity contribution in [3.63, 3.8) is 0 Å². The van der Waals surface area contributed by atoms with Gasteiger partial charge < -0.3 is 9.84 Å². The molecule has 146 valence electrons.